The highest BCUT2D eigenvalue weighted by Gasteiger charge is 2.23. The van der Waals surface area contributed by atoms with Crippen molar-refractivity contribution in [3.8, 4) is 0 Å². The molecule has 1 aromatic heterocycles. The number of carbonyl (C=O) groups excluding carboxylic acids is 1. The quantitative estimate of drug-likeness (QED) is 0.834. The Hall–Kier alpha value is -1.36. The Kier molecular flexibility index (Phi) is 5.17. The minimum absolute atomic E-state index is 0.0259. The Bertz CT molecular complexity index is 430. The van der Waals surface area contributed by atoms with Gasteiger partial charge in [-0.2, -0.15) is 0 Å². The summed E-state index contributed by atoms with van der Waals surface area (Å²) >= 11 is 0. The predicted octanol–water partition coefficient (Wildman–Crippen LogP) is 1.89. The molecule has 20 heavy (non-hydrogen) atoms. The molecule has 0 aliphatic heterocycles. The lowest BCUT2D eigenvalue weighted by Crippen LogP contribution is -2.35. The van der Waals surface area contributed by atoms with Crippen molar-refractivity contribution in [2.45, 2.75) is 58.5 Å². The van der Waals surface area contributed by atoms with Gasteiger partial charge in [-0.3, -0.25) is 4.79 Å². The molecular weight excluding hydrogens is 256 g/mol. The lowest BCUT2D eigenvalue weighted by Gasteiger charge is -2.18. The average molecular weight is 280 g/mol. The third-order valence-corrected chi connectivity index (χ3v) is 4.24. The van der Waals surface area contributed by atoms with E-state index < -0.39 is 6.10 Å². The number of carbonyl (C=O) groups is 1. The van der Waals surface area contributed by atoms with Gasteiger partial charge < -0.3 is 14.9 Å². The van der Waals surface area contributed by atoms with Gasteiger partial charge in [-0.25, -0.2) is 0 Å². The van der Waals surface area contributed by atoms with E-state index >= 15 is 0 Å². The molecule has 1 aromatic rings. The Morgan fingerprint density at radius 2 is 2.15 bits per heavy atom. The number of aryl methyl sites for hydroxylation is 2. The first kappa shape index (κ1) is 15.0. The lowest BCUT2D eigenvalue weighted by molar-refractivity contribution is -0.121. The van der Waals surface area contributed by atoms with Crippen LogP contribution in [0.4, 0.5) is 0 Å². The zero-order valence-corrected chi connectivity index (χ0v) is 12.3. The first-order valence-electron chi connectivity index (χ1n) is 7.44. The van der Waals surface area contributed by atoms with Gasteiger partial charge in [0.25, 0.3) is 0 Å². The van der Waals surface area contributed by atoms with E-state index in [1.165, 1.54) is 12.8 Å². The standard InChI is InChI=1S/C15H24N2O3/c1-10-13(11(2)20-17-10)7-8-15(19)16-9-14(18)12-5-3-4-6-12/h12,14,18H,3-9H2,1-2H3,(H,16,19). The Morgan fingerprint density at radius 3 is 2.75 bits per heavy atom. The highest BCUT2D eigenvalue weighted by Crippen LogP contribution is 2.27. The fourth-order valence-corrected chi connectivity index (χ4v) is 2.91. The van der Waals surface area contributed by atoms with Crippen LogP contribution in [0, 0.1) is 19.8 Å². The molecule has 0 saturated heterocycles. The van der Waals surface area contributed by atoms with Crippen molar-refractivity contribution < 1.29 is 14.4 Å². The second kappa shape index (κ2) is 6.88. The molecule has 0 radical (unpaired) electrons. The van der Waals surface area contributed by atoms with Crippen LogP contribution in [0.3, 0.4) is 0 Å². The molecule has 0 spiro atoms. The topological polar surface area (TPSA) is 75.4 Å². The zero-order chi connectivity index (χ0) is 14.5. The van der Waals surface area contributed by atoms with Crippen LogP contribution >= 0.6 is 0 Å². The normalized spacial score (nSPS) is 17.4. The van der Waals surface area contributed by atoms with Crippen LogP contribution in [0.1, 0.15) is 49.1 Å². The highest BCUT2D eigenvalue weighted by atomic mass is 16.5. The van der Waals surface area contributed by atoms with Gasteiger partial charge in [0.15, 0.2) is 0 Å². The number of hydrogen-bond acceptors (Lipinski definition) is 4. The minimum Gasteiger partial charge on any atom is -0.391 e. The van der Waals surface area contributed by atoms with Crippen LogP contribution in [0.2, 0.25) is 0 Å². The van der Waals surface area contributed by atoms with Gasteiger partial charge in [-0.15, -0.1) is 0 Å². The van der Waals surface area contributed by atoms with Crippen LogP contribution < -0.4 is 5.32 Å². The largest absolute Gasteiger partial charge is 0.391 e. The maximum atomic E-state index is 11.8. The Balaban J connectivity index is 1.70. The molecule has 5 heteroatoms. The van der Waals surface area contributed by atoms with Crippen LogP contribution in [0.5, 0.6) is 0 Å². The van der Waals surface area contributed by atoms with Crippen molar-refractivity contribution >= 4 is 5.91 Å². The van der Waals surface area contributed by atoms with Crippen LogP contribution in [0.25, 0.3) is 0 Å². The average Bonchev–Trinajstić information content (AvgIpc) is 3.05. The molecule has 1 aliphatic rings. The molecular formula is C15H24N2O3. The SMILES string of the molecule is Cc1noc(C)c1CCC(=O)NCC(O)C1CCCC1. The summed E-state index contributed by atoms with van der Waals surface area (Å²) in [6, 6.07) is 0. The summed E-state index contributed by atoms with van der Waals surface area (Å²) in [7, 11) is 0. The van der Waals surface area contributed by atoms with Crippen LogP contribution in [0.15, 0.2) is 4.52 Å². The van der Waals surface area contributed by atoms with Crippen molar-refractivity contribution in [2.24, 2.45) is 5.92 Å². The summed E-state index contributed by atoms with van der Waals surface area (Å²) in [5, 5.41) is 16.7. The molecule has 0 bridgehead atoms. The molecule has 1 aliphatic carbocycles. The summed E-state index contributed by atoms with van der Waals surface area (Å²) in [4.78, 5) is 11.8. The Labute approximate surface area is 119 Å². The molecule has 1 unspecified atom stereocenters. The number of rotatable bonds is 6. The van der Waals surface area contributed by atoms with E-state index in [4.69, 9.17) is 4.52 Å². The molecule has 1 atom stereocenters. The molecule has 2 N–H and O–H groups in total. The van der Waals surface area contributed by atoms with E-state index in [-0.39, 0.29) is 5.91 Å². The van der Waals surface area contributed by atoms with E-state index in [1.54, 1.807) is 0 Å². The smallest absolute Gasteiger partial charge is 0.220 e. The summed E-state index contributed by atoms with van der Waals surface area (Å²) < 4.78 is 5.07. The third-order valence-electron chi connectivity index (χ3n) is 4.24. The number of nitrogens with one attached hydrogen (secondary N) is 1. The lowest BCUT2D eigenvalue weighted by atomic mass is 10.0. The van der Waals surface area contributed by atoms with E-state index in [2.05, 4.69) is 10.5 Å². The summed E-state index contributed by atoms with van der Waals surface area (Å²) in [5.74, 6) is 1.11. The molecule has 2 rings (SSSR count). The van der Waals surface area contributed by atoms with E-state index in [0.717, 1.165) is 29.9 Å². The van der Waals surface area contributed by atoms with Crippen LogP contribution in [-0.4, -0.2) is 28.8 Å². The zero-order valence-electron chi connectivity index (χ0n) is 12.3. The number of aliphatic hydroxyl groups is 1. The van der Waals surface area contributed by atoms with E-state index in [1.807, 2.05) is 13.8 Å². The number of aliphatic hydroxyl groups excluding tert-OH is 1. The molecule has 5 nitrogen and oxygen atoms in total. The number of amides is 1. The second-order valence-electron chi connectivity index (χ2n) is 5.72. The monoisotopic (exact) mass is 280 g/mol. The molecule has 1 heterocycles. The minimum atomic E-state index is -0.402. The van der Waals surface area contributed by atoms with Crippen molar-refractivity contribution in [1.29, 1.82) is 0 Å². The van der Waals surface area contributed by atoms with Gasteiger partial charge in [0, 0.05) is 18.5 Å². The van der Waals surface area contributed by atoms with Crippen LogP contribution in [-0.2, 0) is 11.2 Å². The van der Waals surface area contributed by atoms with Crippen molar-refractivity contribution in [2.75, 3.05) is 6.54 Å². The second-order valence-corrected chi connectivity index (χ2v) is 5.72. The van der Waals surface area contributed by atoms with Crippen molar-refractivity contribution in [3.05, 3.63) is 17.0 Å². The third kappa shape index (κ3) is 3.82. The van der Waals surface area contributed by atoms with E-state index in [0.29, 0.717) is 25.3 Å². The number of hydrogen-bond donors (Lipinski definition) is 2. The molecule has 1 saturated carbocycles. The fraction of sp³-hybridized carbons (Fsp3) is 0.733. The number of nitrogens with zero attached hydrogens (tertiary/aromatic N) is 1. The summed E-state index contributed by atoms with van der Waals surface area (Å²) in [5.41, 5.74) is 1.86. The van der Waals surface area contributed by atoms with Gasteiger partial charge in [-0.1, -0.05) is 18.0 Å². The predicted molar refractivity (Wildman–Crippen MR) is 75.3 cm³/mol. The van der Waals surface area contributed by atoms with E-state index in [9.17, 15) is 9.90 Å². The molecule has 112 valence electrons. The van der Waals surface area contributed by atoms with Gasteiger partial charge in [-0.05, 0) is 39.0 Å². The van der Waals surface area contributed by atoms with Crippen molar-refractivity contribution in [3.63, 3.8) is 0 Å². The maximum Gasteiger partial charge on any atom is 0.220 e. The van der Waals surface area contributed by atoms with Gasteiger partial charge in [0.1, 0.15) is 5.76 Å². The first-order valence-corrected chi connectivity index (χ1v) is 7.44. The number of aromatic nitrogens is 1. The maximum absolute atomic E-state index is 11.8. The summed E-state index contributed by atoms with van der Waals surface area (Å²) in [6.07, 6.45) is 5.18. The highest BCUT2D eigenvalue weighted by molar-refractivity contribution is 5.76. The van der Waals surface area contributed by atoms with Gasteiger partial charge in [0.2, 0.25) is 5.91 Å². The van der Waals surface area contributed by atoms with Gasteiger partial charge >= 0.3 is 0 Å². The molecule has 1 amide bonds. The van der Waals surface area contributed by atoms with Crippen molar-refractivity contribution in [1.82, 2.24) is 10.5 Å². The first-order chi connectivity index (χ1) is 9.58. The fourth-order valence-electron chi connectivity index (χ4n) is 2.91. The van der Waals surface area contributed by atoms with Gasteiger partial charge in [0.05, 0.1) is 11.8 Å². The summed E-state index contributed by atoms with van der Waals surface area (Å²) in [6.45, 7) is 4.11. The molecule has 0 aromatic carbocycles. The molecule has 1 fully saturated rings. The Morgan fingerprint density at radius 1 is 1.45 bits per heavy atom.